The Morgan fingerprint density at radius 3 is 1.64 bits per heavy atom. The van der Waals surface area contributed by atoms with Gasteiger partial charge < -0.3 is 9.84 Å². The standard InChI is InChI=1S/C33H58O3/c1-3-5-7-9-11-12-13-14-15-16-18-20-22-27-31(34)29-33(35)36-32-28-24-23-26-30(32)25-21-19-17-10-8-6-4-2/h23-24,26,28,31,34H,3-22,25,27,29H2,1-2H3. The molecule has 0 aliphatic rings. The molecule has 1 aromatic rings. The maximum absolute atomic E-state index is 12.4. The summed E-state index contributed by atoms with van der Waals surface area (Å²) in [7, 11) is 0. The van der Waals surface area contributed by atoms with Gasteiger partial charge in [0.15, 0.2) is 0 Å². The van der Waals surface area contributed by atoms with Crippen molar-refractivity contribution in [1.29, 1.82) is 0 Å². The van der Waals surface area contributed by atoms with Crippen molar-refractivity contribution in [3.05, 3.63) is 29.8 Å². The molecule has 0 fully saturated rings. The summed E-state index contributed by atoms with van der Waals surface area (Å²) < 4.78 is 5.65. The van der Waals surface area contributed by atoms with Gasteiger partial charge in [-0.2, -0.15) is 0 Å². The normalized spacial score (nSPS) is 12.1. The lowest BCUT2D eigenvalue weighted by molar-refractivity contribution is -0.136. The minimum Gasteiger partial charge on any atom is -0.426 e. The van der Waals surface area contributed by atoms with Crippen LogP contribution in [0.2, 0.25) is 0 Å². The Balaban J connectivity index is 2.07. The Bertz CT molecular complexity index is 627. The Morgan fingerprint density at radius 1 is 0.667 bits per heavy atom. The van der Waals surface area contributed by atoms with Crippen LogP contribution in [0.5, 0.6) is 5.75 Å². The highest BCUT2D eigenvalue weighted by molar-refractivity contribution is 5.73. The van der Waals surface area contributed by atoms with E-state index in [1.165, 1.54) is 109 Å². The van der Waals surface area contributed by atoms with E-state index in [9.17, 15) is 9.90 Å². The zero-order valence-corrected chi connectivity index (χ0v) is 23.9. The van der Waals surface area contributed by atoms with Crippen molar-refractivity contribution in [2.24, 2.45) is 0 Å². The second-order valence-corrected chi connectivity index (χ2v) is 10.8. The van der Waals surface area contributed by atoms with Crippen LogP contribution in [0.1, 0.15) is 161 Å². The lowest BCUT2D eigenvalue weighted by Crippen LogP contribution is -2.18. The predicted octanol–water partition coefficient (Wildman–Crippen LogP) is 10.1. The van der Waals surface area contributed by atoms with E-state index in [2.05, 4.69) is 19.9 Å². The molecule has 36 heavy (non-hydrogen) atoms. The van der Waals surface area contributed by atoms with Crippen LogP contribution >= 0.6 is 0 Å². The van der Waals surface area contributed by atoms with Crippen molar-refractivity contribution in [1.82, 2.24) is 0 Å². The Kier molecular flexibility index (Phi) is 21.8. The number of unbranched alkanes of at least 4 members (excludes halogenated alkanes) is 18. The van der Waals surface area contributed by atoms with Crippen LogP contribution in [0.25, 0.3) is 0 Å². The average molecular weight is 503 g/mol. The molecule has 0 spiro atoms. The number of carbonyl (C=O) groups excluding carboxylic acids is 1. The molecular weight excluding hydrogens is 444 g/mol. The molecule has 0 bridgehead atoms. The van der Waals surface area contributed by atoms with E-state index in [1.54, 1.807) is 0 Å². The zero-order chi connectivity index (χ0) is 26.1. The second kappa shape index (κ2) is 24.0. The molecule has 1 N–H and O–H groups in total. The Hall–Kier alpha value is -1.35. The number of aliphatic hydroxyl groups is 1. The van der Waals surface area contributed by atoms with Crippen LogP contribution < -0.4 is 4.74 Å². The summed E-state index contributed by atoms with van der Waals surface area (Å²) in [5, 5.41) is 10.3. The quantitative estimate of drug-likeness (QED) is 0.0821. The third-order valence-electron chi connectivity index (χ3n) is 7.29. The summed E-state index contributed by atoms with van der Waals surface area (Å²) in [6.07, 6.45) is 27.1. The topological polar surface area (TPSA) is 46.5 Å². The van der Waals surface area contributed by atoms with Gasteiger partial charge in [-0.3, -0.25) is 4.79 Å². The van der Waals surface area contributed by atoms with Crippen molar-refractivity contribution in [3.63, 3.8) is 0 Å². The number of aryl methyl sites for hydroxylation is 1. The molecule has 1 rings (SSSR count). The van der Waals surface area contributed by atoms with Crippen molar-refractivity contribution in [2.75, 3.05) is 0 Å². The Labute approximate surface area is 223 Å². The minimum absolute atomic E-state index is 0.0873. The Morgan fingerprint density at radius 2 is 1.11 bits per heavy atom. The van der Waals surface area contributed by atoms with E-state index in [-0.39, 0.29) is 12.4 Å². The number of hydrogen-bond acceptors (Lipinski definition) is 3. The van der Waals surface area contributed by atoms with Crippen LogP contribution in [0.4, 0.5) is 0 Å². The number of aliphatic hydroxyl groups excluding tert-OH is 1. The SMILES string of the molecule is CCCCCCCCCCCCCCCC(O)CC(=O)Oc1ccccc1CCCCCCCCC. The van der Waals surface area contributed by atoms with Crippen molar-refractivity contribution >= 4 is 5.97 Å². The third kappa shape index (κ3) is 18.9. The smallest absolute Gasteiger partial charge is 0.313 e. The van der Waals surface area contributed by atoms with Gasteiger partial charge in [-0.25, -0.2) is 0 Å². The van der Waals surface area contributed by atoms with Crippen molar-refractivity contribution < 1.29 is 14.6 Å². The van der Waals surface area contributed by atoms with E-state index >= 15 is 0 Å². The van der Waals surface area contributed by atoms with Crippen LogP contribution in [-0.4, -0.2) is 17.2 Å². The summed E-state index contributed by atoms with van der Waals surface area (Å²) in [5.74, 6) is 0.353. The largest absolute Gasteiger partial charge is 0.426 e. The summed E-state index contributed by atoms with van der Waals surface area (Å²) in [6, 6.07) is 7.87. The van der Waals surface area contributed by atoms with Gasteiger partial charge in [0, 0.05) is 0 Å². The number of benzene rings is 1. The monoisotopic (exact) mass is 502 g/mol. The van der Waals surface area contributed by atoms with Crippen LogP contribution in [0.15, 0.2) is 24.3 Å². The molecule has 0 aliphatic heterocycles. The fourth-order valence-corrected chi connectivity index (χ4v) is 4.94. The van der Waals surface area contributed by atoms with Gasteiger partial charge in [0.05, 0.1) is 12.5 Å². The van der Waals surface area contributed by atoms with Gasteiger partial charge in [0.2, 0.25) is 0 Å². The van der Waals surface area contributed by atoms with Crippen LogP contribution in [-0.2, 0) is 11.2 Å². The molecule has 1 unspecified atom stereocenters. The lowest BCUT2D eigenvalue weighted by Gasteiger charge is -2.13. The number of hydrogen-bond donors (Lipinski definition) is 1. The molecule has 0 aromatic heterocycles. The number of carbonyl (C=O) groups is 1. The molecule has 0 saturated carbocycles. The van der Waals surface area contributed by atoms with Gasteiger partial charge in [-0.05, 0) is 30.9 Å². The van der Waals surface area contributed by atoms with Gasteiger partial charge in [-0.1, -0.05) is 154 Å². The zero-order valence-electron chi connectivity index (χ0n) is 23.9. The van der Waals surface area contributed by atoms with Gasteiger partial charge >= 0.3 is 5.97 Å². The van der Waals surface area contributed by atoms with Crippen molar-refractivity contribution in [2.45, 2.75) is 168 Å². The average Bonchev–Trinajstić information content (AvgIpc) is 2.87. The maximum Gasteiger partial charge on any atom is 0.313 e. The third-order valence-corrected chi connectivity index (χ3v) is 7.29. The first-order valence-electron chi connectivity index (χ1n) is 15.6. The highest BCUT2D eigenvalue weighted by Gasteiger charge is 2.14. The maximum atomic E-state index is 12.4. The van der Waals surface area contributed by atoms with Gasteiger partial charge in [-0.15, -0.1) is 0 Å². The molecule has 0 aliphatic carbocycles. The van der Waals surface area contributed by atoms with E-state index in [4.69, 9.17) is 4.74 Å². The fourth-order valence-electron chi connectivity index (χ4n) is 4.94. The predicted molar refractivity (Wildman–Crippen MR) is 155 cm³/mol. The van der Waals surface area contributed by atoms with Crippen molar-refractivity contribution in [3.8, 4) is 5.75 Å². The number of ether oxygens (including phenoxy) is 1. The molecule has 0 saturated heterocycles. The first-order chi connectivity index (χ1) is 17.7. The molecule has 0 heterocycles. The number of esters is 1. The van der Waals surface area contributed by atoms with E-state index in [0.717, 1.165) is 31.2 Å². The van der Waals surface area contributed by atoms with E-state index in [0.29, 0.717) is 12.2 Å². The summed E-state index contributed by atoms with van der Waals surface area (Å²) in [6.45, 7) is 4.52. The fraction of sp³-hybridized carbons (Fsp3) is 0.788. The van der Waals surface area contributed by atoms with E-state index < -0.39 is 6.10 Å². The molecule has 3 heteroatoms. The molecule has 1 aromatic carbocycles. The molecular formula is C33H58O3. The lowest BCUT2D eigenvalue weighted by atomic mass is 10.0. The van der Waals surface area contributed by atoms with Gasteiger partial charge in [0.25, 0.3) is 0 Å². The molecule has 0 radical (unpaired) electrons. The number of para-hydroxylation sites is 1. The van der Waals surface area contributed by atoms with E-state index in [1.807, 2.05) is 18.2 Å². The van der Waals surface area contributed by atoms with Crippen LogP contribution in [0.3, 0.4) is 0 Å². The highest BCUT2D eigenvalue weighted by Crippen LogP contribution is 2.22. The minimum atomic E-state index is -0.597. The highest BCUT2D eigenvalue weighted by atomic mass is 16.5. The van der Waals surface area contributed by atoms with Crippen LogP contribution in [0, 0.1) is 0 Å². The van der Waals surface area contributed by atoms with Gasteiger partial charge in [0.1, 0.15) is 5.75 Å². The molecule has 208 valence electrons. The first kappa shape index (κ1) is 32.7. The molecule has 3 nitrogen and oxygen atoms in total. The molecule has 1 atom stereocenters. The number of rotatable bonds is 25. The summed E-state index contributed by atoms with van der Waals surface area (Å²) >= 11 is 0. The summed E-state index contributed by atoms with van der Waals surface area (Å²) in [4.78, 5) is 12.4. The second-order valence-electron chi connectivity index (χ2n) is 10.8. The summed E-state index contributed by atoms with van der Waals surface area (Å²) in [5.41, 5.74) is 1.10. The first-order valence-corrected chi connectivity index (χ1v) is 15.6. The molecule has 0 amide bonds.